The molecule has 1 unspecified atom stereocenters. The topological polar surface area (TPSA) is 38.1 Å². The van der Waals surface area contributed by atoms with Gasteiger partial charge in [-0.3, -0.25) is 9.48 Å². The van der Waals surface area contributed by atoms with E-state index in [1.807, 2.05) is 11.8 Å². The van der Waals surface area contributed by atoms with Crippen LogP contribution in [0.5, 0.6) is 0 Å². The molecule has 0 bridgehead atoms. The van der Waals surface area contributed by atoms with Crippen LogP contribution in [0.1, 0.15) is 43.6 Å². The van der Waals surface area contributed by atoms with Gasteiger partial charge in [0, 0.05) is 19.1 Å². The molecule has 94 valence electrons. The summed E-state index contributed by atoms with van der Waals surface area (Å²) >= 11 is 3.41. The van der Waals surface area contributed by atoms with Gasteiger partial charge < -0.3 is 4.90 Å². The number of carbonyl (C=O) groups is 1. The van der Waals surface area contributed by atoms with Crippen molar-refractivity contribution in [1.82, 2.24) is 14.7 Å². The van der Waals surface area contributed by atoms with Crippen molar-refractivity contribution in [3.05, 3.63) is 16.4 Å². The van der Waals surface area contributed by atoms with Gasteiger partial charge in [-0.2, -0.15) is 5.10 Å². The molecule has 1 saturated heterocycles. The van der Waals surface area contributed by atoms with E-state index in [4.69, 9.17) is 0 Å². The lowest BCUT2D eigenvalue weighted by Crippen LogP contribution is -2.42. The van der Waals surface area contributed by atoms with Crippen LogP contribution in [-0.2, 0) is 6.54 Å². The number of likely N-dealkylation sites (tertiary alicyclic amines) is 1. The van der Waals surface area contributed by atoms with Crippen LogP contribution in [0.2, 0.25) is 0 Å². The van der Waals surface area contributed by atoms with Crippen molar-refractivity contribution in [2.75, 3.05) is 6.54 Å². The average Bonchev–Trinajstić information content (AvgIpc) is 2.70. The van der Waals surface area contributed by atoms with Gasteiger partial charge in [-0.1, -0.05) is 0 Å². The van der Waals surface area contributed by atoms with Crippen molar-refractivity contribution in [3.63, 3.8) is 0 Å². The predicted octanol–water partition coefficient (Wildman–Crippen LogP) is 2.68. The highest BCUT2D eigenvalue weighted by atomic mass is 79.9. The van der Waals surface area contributed by atoms with Crippen LogP contribution in [0, 0.1) is 0 Å². The summed E-state index contributed by atoms with van der Waals surface area (Å²) in [6, 6.07) is 0.336. The van der Waals surface area contributed by atoms with E-state index in [1.165, 1.54) is 6.42 Å². The van der Waals surface area contributed by atoms with Crippen molar-refractivity contribution in [2.45, 2.75) is 45.7 Å². The highest BCUT2D eigenvalue weighted by Crippen LogP contribution is 2.23. The summed E-state index contributed by atoms with van der Waals surface area (Å²) in [4.78, 5) is 14.5. The van der Waals surface area contributed by atoms with Gasteiger partial charge in [0.2, 0.25) is 0 Å². The second-order valence-electron chi connectivity index (χ2n) is 4.50. The SMILES string of the molecule is CCn1ncc(Br)c1C(=O)N1CCCCC1C. The molecule has 1 aliphatic heterocycles. The second-order valence-corrected chi connectivity index (χ2v) is 5.35. The number of carbonyl (C=O) groups excluding carboxylic acids is 1. The smallest absolute Gasteiger partial charge is 0.273 e. The third kappa shape index (κ3) is 2.39. The van der Waals surface area contributed by atoms with Gasteiger partial charge in [-0.25, -0.2) is 0 Å². The highest BCUT2D eigenvalue weighted by Gasteiger charge is 2.27. The maximum absolute atomic E-state index is 12.5. The van der Waals surface area contributed by atoms with Gasteiger partial charge in [0.25, 0.3) is 5.91 Å². The van der Waals surface area contributed by atoms with Crippen molar-refractivity contribution in [3.8, 4) is 0 Å². The zero-order valence-corrected chi connectivity index (χ0v) is 11.9. The molecule has 0 spiro atoms. The summed E-state index contributed by atoms with van der Waals surface area (Å²) in [7, 11) is 0. The maximum Gasteiger partial charge on any atom is 0.273 e. The predicted molar refractivity (Wildman–Crippen MR) is 70.0 cm³/mol. The summed E-state index contributed by atoms with van der Waals surface area (Å²) in [5.41, 5.74) is 0.682. The van der Waals surface area contributed by atoms with Gasteiger partial charge in [-0.15, -0.1) is 0 Å². The Morgan fingerprint density at radius 1 is 1.59 bits per heavy atom. The van der Waals surface area contributed by atoms with Crippen molar-refractivity contribution in [2.24, 2.45) is 0 Å². The Bertz CT molecular complexity index is 416. The Balaban J connectivity index is 2.26. The quantitative estimate of drug-likeness (QED) is 0.842. The molecule has 0 N–H and O–H groups in total. The van der Waals surface area contributed by atoms with Gasteiger partial charge in [0.15, 0.2) is 0 Å². The first-order valence-corrected chi connectivity index (χ1v) is 6.96. The van der Waals surface area contributed by atoms with E-state index >= 15 is 0 Å². The van der Waals surface area contributed by atoms with Gasteiger partial charge in [-0.05, 0) is 49.0 Å². The lowest BCUT2D eigenvalue weighted by molar-refractivity contribution is 0.0622. The van der Waals surface area contributed by atoms with Crippen molar-refractivity contribution < 1.29 is 4.79 Å². The number of nitrogens with zero attached hydrogens (tertiary/aromatic N) is 3. The number of aryl methyl sites for hydroxylation is 1. The summed E-state index contributed by atoms with van der Waals surface area (Å²) in [6.45, 7) is 5.70. The Morgan fingerprint density at radius 3 is 3.00 bits per heavy atom. The first kappa shape index (κ1) is 12.6. The molecule has 5 heteroatoms. The molecule has 0 aliphatic carbocycles. The molecule has 2 heterocycles. The standard InChI is InChI=1S/C12H18BrN3O/c1-3-16-11(10(13)8-14-16)12(17)15-7-5-4-6-9(15)2/h8-9H,3-7H2,1-2H3. The fourth-order valence-corrected chi connectivity index (χ4v) is 2.82. The summed E-state index contributed by atoms with van der Waals surface area (Å²) in [6.07, 6.45) is 5.13. The molecule has 0 radical (unpaired) electrons. The molecular formula is C12H18BrN3O. The fourth-order valence-electron chi connectivity index (χ4n) is 2.35. The molecule has 1 aliphatic rings. The van der Waals surface area contributed by atoms with Gasteiger partial charge in [0.05, 0.1) is 10.7 Å². The third-order valence-electron chi connectivity index (χ3n) is 3.36. The van der Waals surface area contributed by atoms with E-state index < -0.39 is 0 Å². The van der Waals surface area contributed by atoms with Crippen LogP contribution in [0.3, 0.4) is 0 Å². The molecule has 0 aromatic carbocycles. The van der Waals surface area contributed by atoms with Crippen LogP contribution >= 0.6 is 15.9 Å². The monoisotopic (exact) mass is 299 g/mol. The van der Waals surface area contributed by atoms with Gasteiger partial charge in [0.1, 0.15) is 5.69 Å². The number of amides is 1. The normalized spacial score (nSPS) is 20.6. The molecule has 1 aromatic rings. The number of rotatable bonds is 2. The first-order valence-electron chi connectivity index (χ1n) is 6.17. The minimum absolute atomic E-state index is 0.100. The second kappa shape index (κ2) is 5.21. The van der Waals surface area contributed by atoms with E-state index in [2.05, 4.69) is 28.0 Å². The molecule has 1 fully saturated rings. The Hall–Kier alpha value is -0.840. The molecule has 1 atom stereocenters. The Kier molecular flexibility index (Phi) is 3.86. The number of halogens is 1. The number of hydrogen-bond acceptors (Lipinski definition) is 2. The minimum atomic E-state index is 0.100. The van der Waals surface area contributed by atoms with Crippen molar-refractivity contribution >= 4 is 21.8 Å². The van der Waals surface area contributed by atoms with Crippen LogP contribution in [-0.4, -0.2) is 33.2 Å². The largest absolute Gasteiger partial charge is 0.335 e. The Morgan fingerprint density at radius 2 is 2.35 bits per heavy atom. The van der Waals surface area contributed by atoms with Crippen molar-refractivity contribution in [1.29, 1.82) is 0 Å². The molecule has 17 heavy (non-hydrogen) atoms. The molecule has 2 rings (SSSR count). The summed E-state index contributed by atoms with van der Waals surface area (Å²) in [5, 5.41) is 4.20. The number of hydrogen-bond donors (Lipinski definition) is 0. The molecule has 1 aromatic heterocycles. The lowest BCUT2D eigenvalue weighted by Gasteiger charge is -2.33. The molecule has 1 amide bonds. The molecule has 4 nitrogen and oxygen atoms in total. The van der Waals surface area contributed by atoms with Crippen LogP contribution in [0.25, 0.3) is 0 Å². The van der Waals surface area contributed by atoms with E-state index in [1.54, 1.807) is 10.9 Å². The lowest BCUT2D eigenvalue weighted by atomic mass is 10.0. The van der Waals surface area contributed by atoms with E-state index in [9.17, 15) is 4.79 Å². The number of aromatic nitrogens is 2. The van der Waals surface area contributed by atoms with Crippen LogP contribution in [0.4, 0.5) is 0 Å². The molecular weight excluding hydrogens is 282 g/mol. The van der Waals surface area contributed by atoms with Gasteiger partial charge >= 0.3 is 0 Å². The first-order chi connectivity index (χ1) is 8.15. The zero-order chi connectivity index (χ0) is 12.4. The third-order valence-corrected chi connectivity index (χ3v) is 3.94. The zero-order valence-electron chi connectivity index (χ0n) is 10.3. The average molecular weight is 300 g/mol. The van der Waals surface area contributed by atoms with Crippen LogP contribution in [0.15, 0.2) is 10.7 Å². The Labute approximate surface area is 110 Å². The minimum Gasteiger partial charge on any atom is -0.335 e. The van der Waals surface area contributed by atoms with Crippen LogP contribution < -0.4 is 0 Å². The van der Waals surface area contributed by atoms with E-state index in [0.29, 0.717) is 11.7 Å². The number of piperidine rings is 1. The molecule has 0 saturated carbocycles. The maximum atomic E-state index is 12.5. The summed E-state index contributed by atoms with van der Waals surface area (Å²) < 4.78 is 2.55. The highest BCUT2D eigenvalue weighted by molar-refractivity contribution is 9.10. The fraction of sp³-hybridized carbons (Fsp3) is 0.667. The van der Waals surface area contributed by atoms with E-state index in [0.717, 1.165) is 30.4 Å². The van der Waals surface area contributed by atoms with E-state index in [-0.39, 0.29) is 5.91 Å². The summed E-state index contributed by atoms with van der Waals surface area (Å²) in [5.74, 6) is 0.100.